The van der Waals surface area contributed by atoms with Crippen LogP contribution in [0.15, 0.2) is 66.7 Å². The third-order valence-electron chi connectivity index (χ3n) is 6.40. The lowest BCUT2D eigenvalue weighted by Crippen LogP contribution is -2.26. The van der Waals surface area contributed by atoms with Gasteiger partial charge in [0.15, 0.2) is 12.1 Å². The van der Waals surface area contributed by atoms with Crippen LogP contribution in [-0.4, -0.2) is 42.0 Å². The van der Waals surface area contributed by atoms with Crippen LogP contribution in [0, 0.1) is 5.92 Å². The van der Waals surface area contributed by atoms with Crippen LogP contribution in [0.3, 0.4) is 0 Å². The molecule has 2 aromatic rings. The Balaban J connectivity index is 1.31. The van der Waals surface area contributed by atoms with Crippen LogP contribution >= 0.6 is 0 Å². The van der Waals surface area contributed by atoms with Crippen molar-refractivity contribution in [1.82, 2.24) is 0 Å². The third-order valence-corrected chi connectivity index (χ3v) is 6.40. The van der Waals surface area contributed by atoms with E-state index in [0.29, 0.717) is 37.9 Å². The van der Waals surface area contributed by atoms with Gasteiger partial charge in [-0.2, -0.15) is 0 Å². The van der Waals surface area contributed by atoms with E-state index in [1.807, 2.05) is 30.3 Å². The van der Waals surface area contributed by atoms with E-state index < -0.39 is 24.1 Å². The highest BCUT2D eigenvalue weighted by Gasteiger charge is 2.36. The molecule has 0 bridgehead atoms. The van der Waals surface area contributed by atoms with Gasteiger partial charge >= 0.3 is 5.97 Å². The van der Waals surface area contributed by atoms with Gasteiger partial charge in [0.05, 0.1) is 18.3 Å². The predicted octanol–water partition coefficient (Wildman–Crippen LogP) is 4.65. The molecule has 1 aliphatic carbocycles. The van der Waals surface area contributed by atoms with E-state index in [4.69, 9.17) is 14.2 Å². The number of carbonyl (C=O) groups is 2. The number of allylic oxidation sites excluding steroid dienone is 1. The summed E-state index contributed by atoms with van der Waals surface area (Å²) in [5.74, 6) is -0.0973. The summed E-state index contributed by atoms with van der Waals surface area (Å²) in [6.07, 6.45) is 6.87. The molecule has 2 aliphatic rings. The van der Waals surface area contributed by atoms with Gasteiger partial charge < -0.3 is 19.3 Å². The molecule has 1 unspecified atom stereocenters. The summed E-state index contributed by atoms with van der Waals surface area (Å²) >= 11 is 0. The van der Waals surface area contributed by atoms with Crippen molar-refractivity contribution in [3.8, 4) is 5.75 Å². The lowest BCUT2D eigenvalue weighted by molar-refractivity contribution is -0.114. The number of hydrogen-bond acceptors (Lipinski definition) is 6. The number of rotatable bonds is 9. The van der Waals surface area contributed by atoms with Crippen LogP contribution in [0.1, 0.15) is 54.4 Å². The van der Waals surface area contributed by atoms with Gasteiger partial charge in [0, 0.05) is 18.8 Å². The Bertz CT molecular complexity index is 979. The van der Waals surface area contributed by atoms with Gasteiger partial charge in [-0.3, -0.25) is 4.79 Å². The summed E-state index contributed by atoms with van der Waals surface area (Å²) < 4.78 is 17.3. The van der Waals surface area contributed by atoms with Crippen LogP contribution in [0.2, 0.25) is 0 Å². The third kappa shape index (κ3) is 6.55. The first-order chi connectivity index (χ1) is 16.6. The highest BCUT2D eigenvalue weighted by Crippen LogP contribution is 2.31. The van der Waals surface area contributed by atoms with Gasteiger partial charge in [0.25, 0.3) is 0 Å². The number of esters is 1. The lowest BCUT2D eigenvalue weighted by Gasteiger charge is -2.24. The number of aliphatic hydroxyl groups is 1. The number of aryl methyl sites for hydroxylation is 1. The molecular formula is C28H32O6. The summed E-state index contributed by atoms with van der Waals surface area (Å²) in [6.45, 7) is 0.713. The van der Waals surface area contributed by atoms with Gasteiger partial charge in [0.1, 0.15) is 11.9 Å². The van der Waals surface area contributed by atoms with Crippen LogP contribution in [0.25, 0.3) is 0 Å². The standard InChI is InChI=1S/C28H32O6/c29-22(14-13-20-8-4-5-11-25(20)33-27-12-6-7-19-32-27)15-16-23-24(30)17-18-26(23)34-28(31)21-9-2-1-3-10-21/h1-5,8-11,15-16,23-24,26-27,30H,6-7,12-14,17-19H2/t23-,24+,26-,27?/m0/s1. The minimum Gasteiger partial charge on any atom is -0.465 e. The molecule has 180 valence electrons. The zero-order valence-corrected chi connectivity index (χ0v) is 19.3. The maximum absolute atomic E-state index is 12.6. The van der Waals surface area contributed by atoms with E-state index in [0.717, 1.165) is 30.6 Å². The van der Waals surface area contributed by atoms with Crippen molar-refractivity contribution in [2.75, 3.05) is 6.61 Å². The second-order valence-corrected chi connectivity index (χ2v) is 8.88. The maximum Gasteiger partial charge on any atom is 0.338 e. The Morgan fingerprint density at radius 2 is 1.79 bits per heavy atom. The van der Waals surface area contributed by atoms with Crippen molar-refractivity contribution < 1.29 is 28.9 Å². The van der Waals surface area contributed by atoms with Crippen molar-refractivity contribution >= 4 is 11.8 Å². The molecule has 0 spiro atoms. The SMILES string of the molecule is O=C(C=C[C@H]1[C@H](O)CC[C@@H]1OC(=O)c1ccccc1)CCc1ccccc1OC1CCCCO1. The first-order valence-corrected chi connectivity index (χ1v) is 12.1. The number of hydrogen-bond donors (Lipinski definition) is 1. The van der Waals surface area contributed by atoms with E-state index in [2.05, 4.69) is 0 Å². The Labute approximate surface area is 200 Å². The fourth-order valence-corrected chi connectivity index (χ4v) is 4.47. The van der Waals surface area contributed by atoms with Crippen LogP contribution in [0.4, 0.5) is 0 Å². The van der Waals surface area contributed by atoms with Crippen molar-refractivity contribution in [3.05, 3.63) is 77.9 Å². The van der Waals surface area contributed by atoms with Crippen molar-refractivity contribution in [1.29, 1.82) is 0 Å². The van der Waals surface area contributed by atoms with E-state index in [1.54, 1.807) is 30.3 Å². The van der Waals surface area contributed by atoms with Crippen molar-refractivity contribution in [3.63, 3.8) is 0 Å². The molecule has 2 aromatic carbocycles. The van der Waals surface area contributed by atoms with E-state index in [1.165, 1.54) is 6.08 Å². The molecule has 0 radical (unpaired) electrons. The number of aliphatic hydroxyl groups excluding tert-OH is 1. The summed E-state index contributed by atoms with van der Waals surface area (Å²) in [7, 11) is 0. The topological polar surface area (TPSA) is 82.1 Å². The van der Waals surface area contributed by atoms with Gasteiger partial charge in [-0.15, -0.1) is 0 Å². The summed E-state index contributed by atoms with van der Waals surface area (Å²) in [5.41, 5.74) is 1.44. The van der Waals surface area contributed by atoms with Gasteiger partial charge in [-0.25, -0.2) is 4.79 Å². The number of ether oxygens (including phenoxy) is 3. The molecule has 0 aromatic heterocycles. The molecular weight excluding hydrogens is 432 g/mol. The Kier molecular flexibility index (Phi) is 8.50. The molecule has 2 fully saturated rings. The first kappa shape index (κ1) is 24.2. The van der Waals surface area contributed by atoms with E-state index in [-0.39, 0.29) is 12.1 Å². The predicted molar refractivity (Wildman–Crippen MR) is 128 cm³/mol. The molecule has 4 atom stereocenters. The molecule has 4 rings (SSSR count). The molecule has 1 aliphatic heterocycles. The van der Waals surface area contributed by atoms with E-state index >= 15 is 0 Å². The molecule has 1 heterocycles. The highest BCUT2D eigenvalue weighted by atomic mass is 16.7. The number of benzene rings is 2. The normalized spacial score (nSPS) is 24.7. The van der Waals surface area contributed by atoms with Gasteiger partial charge in [0.2, 0.25) is 0 Å². The quantitative estimate of drug-likeness (QED) is 0.430. The minimum absolute atomic E-state index is 0.0454. The highest BCUT2D eigenvalue weighted by molar-refractivity contribution is 5.90. The molecule has 1 saturated heterocycles. The largest absolute Gasteiger partial charge is 0.465 e. The maximum atomic E-state index is 12.6. The Hall–Kier alpha value is -2.96. The number of para-hydroxylation sites is 1. The average Bonchev–Trinajstić information content (AvgIpc) is 3.22. The van der Waals surface area contributed by atoms with Crippen LogP contribution < -0.4 is 4.74 Å². The summed E-state index contributed by atoms with van der Waals surface area (Å²) in [6, 6.07) is 16.5. The second-order valence-electron chi connectivity index (χ2n) is 8.88. The summed E-state index contributed by atoms with van der Waals surface area (Å²) in [5, 5.41) is 10.4. The number of carbonyl (C=O) groups excluding carboxylic acids is 2. The van der Waals surface area contributed by atoms with Crippen LogP contribution in [-0.2, 0) is 20.7 Å². The molecule has 1 saturated carbocycles. The zero-order valence-electron chi connectivity index (χ0n) is 19.3. The minimum atomic E-state index is -0.637. The van der Waals surface area contributed by atoms with Crippen molar-refractivity contribution in [2.24, 2.45) is 5.92 Å². The number of ketones is 1. The summed E-state index contributed by atoms with van der Waals surface area (Å²) in [4.78, 5) is 25.0. The van der Waals surface area contributed by atoms with Gasteiger partial charge in [-0.1, -0.05) is 42.5 Å². The Morgan fingerprint density at radius 3 is 2.59 bits per heavy atom. The molecule has 6 heteroatoms. The zero-order chi connectivity index (χ0) is 23.8. The lowest BCUT2D eigenvalue weighted by atomic mass is 10.0. The first-order valence-electron chi connectivity index (χ1n) is 12.1. The van der Waals surface area contributed by atoms with Gasteiger partial charge in [-0.05, 0) is 61.9 Å². The molecule has 1 N–H and O–H groups in total. The smallest absolute Gasteiger partial charge is 0.338 e. The fraction of sp³-hybridized carbons (Fsp3) is 0.429. The fourth-order valence-electron chi connectivity index (χ4n) is 4.47. The monoisotopic (exact) mass is 464 g/mol. The second kappa shape index (κ2) is 12.0. The van der Waals surface area contributed by atoms with E-state index in [9.17, 15) is 14.7 Å². The molecule has 6 nitrogen and oxygen atoms in total. The molecule has 34 heavy (non-hydrogen) atoms. The molecule has 0 amide bonds. The Morgan fingerprint density at radius 1 is 1.00 bits per heavy atom. The van der Waals surface area contributed by atoms with Crippen molar-refractivity contribution in [2.45, 2.75) is 63.4 Å². The van der Waals surface area contributed by atoms with Crippen LogP contribution in [0.5, 0.6) is 5.75 Å². The average molecular weight is 465 g/mol.